The van der Waals surface area contributed by atoms with Crippen LogP contribution in [0.25, 0.3) is 0 Å². The van der Waals surface area contributed by atoms with Gasteiger partial charge in [-0.3, -0.25) is 9.69 Å². The summed E-state index contributed by atoms with van der Waals surface area (Å²) in [6.07, 6.45) is 0.862. The Bertz CT molecular complexity index is 419. The lowest BCUT2D eigenvalue weighted by Crippen LogP contribution is -2.30. The molecule has 1 amide bonds. The van der Waals surface area contributed by atoms with Gasteiger partial charge in [0, 0.05) is 19.6 Å². The summed E-state index contributed by atoms with van der Waals surface area (Å²) in [5.41, 5.74) is 11.9. The number of primary amides is 1. The molecule has 0 aliphatic carbocycles. The lowest BCUT2D eigenvalue weighted by molar-refractivity contribution is -0.121. The van der Waals surface area contributed by atoms with Crippen molar-refractivity contribution in [3.63, 3.8) is 0 Å². The molecule has 4 N–H and O–H groups in total. The fraction of sp³-hybridized carbons (Fsp3) is 0.500. The van der Waals surface area contributed by atoms with Crippen molar-refractivity contribution in [3.05, 3.63) is 29.8 Å². The predicted octanol–water partition coefficient (Wildman–Crippen LogP) is 0.331. The van der Waals surface area contributed by atoms with Crippen molar-refractivity contribution in [2.24, 2.45) is 17.4 Å². The predicted molar refractivity (Wildman–Crippen MR) is 73.6 cm³/mol. The number of hydrogen-bond donors (Lipinski definition) is 2. The molecule has 1 fully saturated rings. The lowest BCUT2D eigenvalue weighted by Gasteiger charge is -2.15. The Kier molecular flexibility index (Phi) is 4.76. The van der Waals surface area contributed by atoms with E-state index in [0.29, 0.717) is 13.2 Å². The Hall–Kier alpha value is -1.59. The molecule has 1 aliphatic heterocycles. The normalized spacial score (nSPS) is 19.5. The topological polar surface area (TPSA) is 81.6 Å². The molecule has 1 atom stereocenters. The van der Waals surface area contributed by atoms with Crippen molar-refractivity contribution in [3.8, 4) is 5.75 Å². The van der Waals surface area contributed by atoms with E-state index in [1.54, 1.807) is 0 Å². The van der Waals surface area contributed by atoms with Gasteiger partial charge in [0.25, 0.3) is 0 Å². The van der Waals surface area contributed by atoms with E-state index in [-0.39, 0.29) is 11.8 Å². The molecule has 0 bridgehead atoms. The van der Waals surface area contributed by atoms with Crippen molar-refractivity contribution < 1.29 is 9.53 Å². The van der Waals surface area contributed by atoms with Crippen LogP contribution in [-0.2, 0) is 11.3 Å². The number of hydrogen-bond acceptors (Lipinski definition) is 4. The van der Waals surface area contributed by atoms with Crippen LogP contribution >= 0.6 is 0 Å². The van der Waals surface area contributed by atoms with Gasteiger partial charge in [-0.15, -0.1) is 0 Å². The molecular formula is C14H21N3O2. The minimum Gasteiger partial charge on any atom is -0.492 e. The summed E-state index contributed by atoms with van der Waals surface area (Å²) < 4.78 is 5.66. The Morgan fingerprint density at radius 1 is 1.37 bits per heavy atom. The van der Waals surface area contributed by atoms with Gasteiger partial charge in [0.15, 0.2) is 0 Å². The molecule has 2 rings (SSSR count). The molecule has 0 spiro atoms. The summed E-state index contributed by atoms with van der Waals surface area (Å²) in [6, 6.07) is 7.79. The molecular weight excluding hydrogens is 242 g/mol. The van der Waals surface area contributed by atoms with Crippen molar-refractivity contribution >= 4 is 5.91 Å². The summed E-state index contributed by atoms with van der Waals surface area (Å²) in [4.78, 5) is 13.3. The van der Waals surface area contributed by atoms with E-state index in [0.717, 1.165) is 37.4 Å². The first kappa shape index (κ1) is 13.8. The van der Waals surface area contributed by atoms with E-state index in [4.69, 9.17) is 16.2 Å². The highest BCUT2D eigenvalue weighted by atomic mass is 16.5. The monoisotopic (exact) mass is 263 g/mol. The van der Waals surface area contributed by atoms with Crippen LogP contribution in [0.1, 0.15) is 12.0 Å². The zero-order valence-corrected chi connectivity index (χ0v) is 11.0. The molecule has 5 heteroatoms. The number of nitrogens with zero attached hydrogens (tertiary/aromatic N) is 1. The van der Waals surface area contributed by atoms with E-state index < -0.39 is 0 Å². The molecule has 1 aromatic carbocycles. The van der Waals surface area contributed by atoms with Gasteiger partial charge in [-0.1, -0.05) is 12.1 Å². The molecule has 0 radical (unpaired) electrons. The van der Waals surface area contributed by atoms with Crippen molar-refractivity contribution in [2.75, 3.05) is 26.2 Å². The second kappa shape index (κ2) is 6.54. The number of carbonyl (C=O) groups excluding carboxylic acids is 1. The average molecular weight is 263 g/mol. The fourth-order valence-electron chi connectivity index (χ4n) is 2.28. The van der Waals surface area contributed by atoms with Crippen LogP contribution in [0.3, 0.4) is 0 Å². The van der Waals surface area contributed by atoms with E-state index in [1.165, 1.54) is 0 Å². The molecule has 1 heterocycles. The first-order chi connectivity index (χ1) is 9.19. The van der Waals surface area contributed by atoms with Crippen LogP contribution < -0.4 is 16.2 Å². The molecule has 19 heavy (non-hydrogen) atoms. The van der Waals surface area contributed by atoms with Gasteiger partial charge in [-0.2, -0.15) is 0 Å². The molecule has 5 nitrogen and oxygen atoms in total. The summed E-state index contributed by atoms with van der Waals surface area (Å²) in [5.74, 6) is 0.660. The number of likely N-dealkylation sites (tertiary alicyclic amines) is 1. The largest absolute Gasteiger partial charge is 0.492 e. The van der Waals surface area contributed by atoms with Crippen LogP contribution in [0.2, 0.25) is 0 Å². The Morgan fingerprint density at radius 2 is 2.11 bits per heavy atom. The van der Waals surface area contributed by atoms with E-state index in [1.807, 2.05) is 24.3 Å². The maximum atomic E-state index is 11.1. The van der Waals surface area contributed by atoms with Gasteiger partial charge < -0.3 is 16.2 Å². The zero-order valence-electron chi connectivity index (χ0n) is 11.0. The molecule has 0 aromatic heterocycles. The molecule has 1 saturated heterocycles. The Morgan fingerprint density at radius 3 is 2.68 bits per heavy atom. The number of nitrogens with two attached hydrogens (primary N) is 2. The quantitative estimate of drug-likeness (QED) is 0.775. The van der Waals surface area contributed by atoms with Gasteiger partial charge in [0.1, 0.15) is 12.4 Å². The van der Waals surface area contributed by atoms with Crippen LogP contribution in [-0.4, -0.2) is 37.0 Å². The highest BCUT2D eigenvalue weighted by Crippen LogP contribution is 2.16. The van der Waals surface area contributed by atoms with Gasteiger partial charge in [0.2, 0.25) is 5.91 Å². The third-order valence-corrected chi connectivity index (χ3v) is 3.51. The summed E-state index contributed by atoms with van der Waals surface area (Å²) in [6.45, 7) is 3.66. The maximum Gasteiger partial charge on any atom is 0.221 e. The van der Waals surface area contributed by atoms with Crippen LogP contribution in [0, 0.1) is 5.92 Å². The highest BCUT2D eigenvalue weighted by Gasteiger charge is 2.25. The van der Waals surface area contributed by atoms with Crippen LogP contribution in [0.4, 0.5) is 0 Å². The smallest absolute Gasteiger partial charge is 0.221 e. The molecule has 1 unspecified atom stereocenters. The van der Waals surface area contributed by atoms with Crippen molar-refractivity contribution in [2.45, 2.75) is 13.0 Å². The Labute approximate surface area is 113 Å². The summed E-state index contributed by atoms with van der Waals surface area (Å²) in [5, 5.41) is 0. The standard InChI is InChI=1S/C14H21N3O2/c15-9-11-1-3-13(4-2-11)19-8-7-17-6-5-12(10-17)14(16)18/h1-4,12H,5-10,15H2,(H2,16,18). The fourth-order valence-corrected chi connectivity index (χ4v) is 2.28. The number of carbonyl (C=O) groups is 1. The number of rotatable bonds is 6. The minimum absolute atomic E-state index is 0.00355. The Balaban J connectivity index is 1.70. The van der Waals surface area contributed by atoms with E-state index in [9.17, 15) is 4.79 Å². The maximum absolute atomic E-state index is 11.1. The van der Waals surface area contributed by atoms with Gasteiger partial charge in [-0.25, -0.2) is 0 Å². The zero-order chi connectivity index (χ0) is 13.7. The SMILES string of the molecule is NCc1ccc(OCCN2CCC(C(N)=O)C2)cc1. The summed E-state index contributed by atoms with van der Waals surface area (Å²) >= 11 is 0. The molecule has 0 saturated carbocycles. The number of benzene rings is 1. The first-order valence-corrected chi connectivity index (χ1v) is 6.62. The molecule has 1 aromatic rings. The third kappa shape index (κ3) is 3.94. The molecule has 1 aliphatic rings. The van der Waals surface area contributed by atoms with E-state index in [2.05, 4.69) is 4.90 Å². The minimum atomic E-state index is -0.194. The van der Waals surface area contributed by atoms with Crippen LogP contribution in [0.15, 0.2) is 24.3 Å². The highest BCUT2D eigenvalue weighted by molar-refractivity contribution is 5.77. The molecule has 104 valence electrons. The second-order valence-corrected chi connectivity index (χ2v) is 4.89. The van der Waals surface area contributed by atoms with Crippen molar-refractivity contribution in [1.29, 1.82) is 0 Å². The van der Waals surface area contributed by atoms with Crippen molar-refractivity contribution in [1.82, 2.24) is 4.90 Å². The first-order valence-electron chi connectivity index (χ1n) is 6.62. The summed E-state index contributed by atoms with van der Waals surface area (Å²) in [7, 11) is 0. The van der Waals surface area contributed by atoms with Gasteiger partial charge in [-0.05, 0) is 30.7 Å². The number of amides is 1. The van der Waals surface area contributed by atoms with Gasteiger partial charge >= 0.3 is 0 Å². The van der Waals surface area contributed by atoms with Crippen LogP contribution in [0.5, 0.6) is 5.75 Å². The number of ether oxygens (including phenoxy) is 1. The van der Waals surface area contributed by atoms with E-state index >= 15 is 0 Å². The van der Waals surface area contributed by atoms with Gasteiger partial charge in [0.05, 0.1) is 5.92 Å². The lowest BCUT2D eigenvalue weighted by atomic mass is 10.1. The second-order valence-electron chi connectivity index (χ2n) is 4.89. The average Bonchev–Trinajstić information content (AvgIpc) is 2.89. The third-order valence-electron chi connectivity index (χ3n) is 3.51.